The van der Waals surface area contributed by atoms with Crippen LogP contribution < -0.4 is 0 Å². The van der Waals surface area contributed by atoms with Gasteiger partial charge in [-0.3, -0.25) is 4.79 Å². The monoisotopic (exact) mass is 371 g/mol. The Morgan fingerprint density at radius 1 is 1.48 bits per heavy atom. The van der Waals surface area contributed by atoms with Crippen molar-refractivity contribution in [2.75, 3.05) is 19.8 Å². The van der Waals surface area contributed by atoms with Gasteiger partial charge >= 0.3 is 0 Å². The third-order valence-corrected chi connectivity index (χ3v) is 4.03. The van der Waals surface area contributed by atoms with E-state index in [0.29, 0.717) is 36.2 Å². The SMILES string of the molecule is O=C(c1ccc(Br)cc1Cl)N1CCOCC1c1ncon1. The lowest BCUT2D eigenvalue weighted by atomic mass is 10.1. The Morgan fingerprint density at radius 2 is 2.33 bits per heavy atom. The Balaban J connectivity index is 1.91. The first-order chi connectivity index (χ1) is 10.2. The highest BCUT2D eigenvalue weighted by atomic mass is 79.9. The second kappa shape index (κ2) is 6.13. The average Bonchev–Trinajstić information content (AvgIpc) is 3.01. The van der Waals surface area contributed by atoms with Gasteiger partial charge in [-0.05, 0) is 18.2 Å². The van der Waals surface area contributed by atoms with E-state index in [2.05, 4.69) is 26.1 Å². The van der Waals surface area contributed by atoms with Gasteiger partial charge in [-0.2, -0.15) is 4.98 Å². The van der Waals surface area contributed by atoms with Gasteiger partial charge in [-0.15, -0.1) is 0 Å². The van der Waals surface area contributed by atoms with Crippen molar-refractivity contribution >= 4 is 33.4 Å². The van der Waals surface area contributed by atoms with Gasteiger partial charge in [-0.1, -0.05) is 32.7 Å². The van der Waals surface area contributed by atoms with Crippen LogP contribution in [0.2, 0.25) is 5.02 Å². The van der Waals surface area contributed by atoms with Crippen LogP contribution in [0.15, 0.2) is 33.6 Å². The van der Waals surface area contributed by atoms with Crippen molar-refractivity contribution in [1.82, 2.24) is 15.0 Å². The second-order valence-electron chi connectivity index (χ2n) is 4.50. The number of benzene rings is 1. The number of hydrogen-bond donors (Lipinski definition) is 0. The Hall–Kier alpha value is -1.44. The van der Waals surface area contributed by atoms with Gasteiger partial charge in [0.25, 0.3) is 5.91 Å². The minimum absolute atomic E-state index is 0.175. The van der Waals surface area contributed by atoms with Crippen molar-refractivity contribution in [2.24, 2.45) is 0 Å². The molecule has 21 heavy (non-hydrogen) atoms. The minimum Gasteiger partial charge on any atom is -0.377 e. The molecular weight excluding hydrogens is 362 g/mol. The summed E-state index contributed by atoms with van der Waals surface area (Å²) in [5.41, 5.74) is 0.440. The number of rotatable bonds is 2. The molecule has 1 aliphatic heterocycles. The normalized spacial score (nSPS) is 18.8. The largest absolute Gasteiger partial charge is 0.377 e. The van der Waals surface area contributed by atoms with Gasteiger partial charge in [-0.25, -0.2) is 0 Å². The van der Waals surface area contributed by atoms with Crippen molar-refractivity contribution < 1.29 is 14.1 Å². The maximum Gasteiger partial charge on any atom is 0.256 e. The van der Waals surface area contributed by atoms with E-state index in [0.717, 1.165) is 4.47 Å². The fraction of sp³-hybridized carbons (Fsp3) is 0.308. The number of carbonyl (C=O) groups is 1. The molecule has 1 amide bonds. The molecule has 110 valence electrons. The topological polar surface area (TPSA) is 68.5 Å². The molecule has 0 radical (unpaired) electrons. The van der Waals surface area contributed by atoms with Crippen molar-refractivity contribution in [1.29, 1.82) is 0 Å². The number of hydrogen-bond acceptors (Lipinski definition) is 5. The van der Waals surface area contributed by atoms with Gasteiger partial charge in [0.15, 0.2) is 5.82 Å². The smallest absolute Gasteiger partial charge is 0.256 e. The van der Waals surface area contributed by atoms with E-state index in [9.17, 15) is 4.79 Å². The van der Waals surface area contributed by atoms with Gasteiger partial charge in [0.05, 0.1) is 23.8 Å². The summed E-state index contributed by atoms with van der Waals surface area (Å²) in [6.07, 6.45) is 1.24. The predicted octanol–water partition coefficient (Wildman–Crippen LogP) is 2.70. The Morgan fingerprint density at radius 3 is 3.05 bits per heavy atom. The van der Waals surface area contributed by atoms with Crippen molar-refractivity contribution in [3.63, 3.8) is 0 Å². The first kappa shape index (κ1) is 14.5. The van der Waals surface area contributed by atoms with E-state index < -0.39 is 0 Å². The fourth-order valence-corrected chi connectivity index (χ4v) is 2.96. The van der Waals surface area contributed by atoms with Crippen LogP contribution in [0.25, 0.3) is 0 Å². The molecule has 2 heterocycles. The zero-order valence-electron chi connectivity index (χ0n) is 10.8. The highest BCUT2D eigenvalue weighted by molar-refractivity contribution is 9.10. The number of carbonyl (C=O) groups excluding carboxylic acids is 1. The molecule has 0 spiro atoms. The summed E-state index contributed by atoms with van der Waals surface area (Å²) in [7, 11) is 0. The van der Waals surface area contributed by atoms with E-state index >= 15 is 0 Å². The molecule has 1 fully saturated rings. The molecule has 0 saturated carbocycles. The maximum absolute atomic E-state index is 12.7. The molecule has 1 atom stereocenters. The lowest BCUT2D eigenvalue weighted by Gasteiger charge is -2.33. The number of aromatic nitrogens is 2. The van der Waals surface area contributed by atoms with E-state index in [1.807, 2.05) is 0 Å². The van der Waals surface area contributed by atoms with Crippen molar-refractivity contribution in [3.8, 4) is 0 Å². The summed E-state index contributed by atoms with van der Waals surface area (Å²) < 4.78 is 11.0. The Kier molecular flexibility index (Phi) is 4.23. The van der Waals surface area contributed by atoms with Crippen LogP contribution in [0, 0.1) is 0 Å². The predicted molar refractivity (Wildman–Crippen MR) is 78.0 cm³/mol. The first-order valence-corrected chi connectivity index (χ1v) is 7.44. The van der Waals surface area contributed by atoms with Crippen molar-refractivity contribution in [2.45, 2.75) is 6.04 Å². The summed E-state index contributed by atoms with van der Waals surface area (Å²) in [5.74, 6) is 0.252. The fourth-order valence-electron chi connectivity index (χ4n) is 2.20. The van der Waals surface area contributed by atoms with Gasteiger partial charge < -0.3 is 14.2 Å². The molecule has 1 aromatic carbocycles. The molecule has 8 heteroatoms. The molecule has 6 nitrogen and oxygen atoms in total. The lowest BCUT2D eigenvalue weighted by Crippen LogP contribution is -2.44. The van der Waals surface area contributed by atoms with E-state index in [1.54, 1.807) is 23.1 Å². The number of amides is 1. The third kappa shape index (κ3) is 2.95. The molecule has 1 unspecified atom stereocenters. The van der Waals surface area contributed by atoms with Gasteiger partial charge in [0.2, 0.25) is 6.39 Å². The van der Waals surface area contributed by atoms with Crippen molar-refractivity contribution in [3.05, 3.63) is 45.5 Å². The molecule has 0 aliphatic carbocycles. The van der Waals surface area contributed by atoms with E-state index in [4.69, 9.17) is 20.9 Å². The molecule has 3 rings (SSSR count). The number of nitrogens with zero attached hydrogens (tertiary/aromatic N) is 3. The molecule has 1 aliphatic rings. The highest BCUT2D eigenvalue weighted by Crippen LogP contribution is 2.27. The standard InChI is InChI=1S/C13H11BrClN3O3/c14-8-1-2-9(10(15)5-8)13(19)18-3-4-20-6-11(18)12-16-7-21-17-12/h1-2,5,7,11H,3-4,6H2. The van der Waals surface area contributed by atoms with Crippen LogP contribution in [-0.4, -0.2) is 40.7 Å². The van der Waals surface area contributed by atoms with Crippen LogP contribution in [0.4, 0.5) is 0 Å². The average molecular weight is 373 g/mol. The molecule has 1 aromatic heterocycles. The zero-order valence-corrected chi connectivity index (χ0v) is 13.2. The number of ether oxygens (including phenoxy) is 1. The Bertz CT molecular complexity index is 650. The zero-order chi connectivity index (χ0) is 14.8. The maximum atomic E-state index is 12.7. The van der Waals surface area contributed by atoms with Crippen LogP contribution >= 0.6 is 27.5 Å². The Labute approximate surface area is 134 Å². The van der Waals surface area contributed by atoms with Crippen LogP contribution in [-0.2, 0) is 4.74 Å². The van der Waals surface area contributed by atoms with Crippen LogP contribution in [0.1, 0.15) is 22.2 Å². The van der Waals surface area contributed by atoms with E-state index in [1.165, 1.54) is 6.39 Å². The molecular formula is C13H11BrClN3O3. The summed E-state index contributed by atoms with van der Waals surface area (Å²) in [6.45, 7) is 1.25. The van der Waals surface area contributed by atoms with E-state index in [-0.39, 0.29) is 11.9 Å². The minimum atomic E-state index is -0.371. The van der Waals surface area contributed by atoms with Gasteiger partial charge in [0, 0.05) is 11.0 Å². The summed E-state index contributed by atoms with van der Waals surface area (Å²) >= 11 is 9.48. The third-order valence-electron chi connectivity index (χ3n) is 3.23. The van der Waals surface area contributed by atoms with Gasteiger partial charge in [0.1, 0.15) is 6.04 Å². The summed E-state index contributed by atoms with van der Waals surface area (Å²) in [6, 6.07) is 4.80. The molecule has 2 aromatic rings. The quantitative estimate of drug-likeness (QED) is 0.811. The summed E-state index contributed by atoms with van der Waals surface area (Å²) in [5, 5.41) is 4.20. The lowest BCUT2D eigenvalue weighted by molar-refractivity contribution is -0.00576. The second-order valence-corrected chi connectivity index (χ2v) is 5.83. The number of morpholine rings is 1. The molecule has 0 N–H and O–H groups in total. The molecule has 1 saturated heterocycles. The summed E-state index contributed by atoms with van der Waals surface area (Å²) in [4.78, 5) is 18.4. The number of halogens is 2. The molecule has 0 bridgehead atoms. The first-order valence-electron chi connectivity index (χ1n) is 6.27. The highest BCUT2D eigenvalue weighted by Gasteiger charge is 2.32. The van der Waals surface area contributed by atoms with Crippen LogP contribution in [0.3, 0.4) is 0 Å². The van der Waals surface area contributed by atoms with Crippen LogP contribution in [0.5, 0.6) is 0 Å².